The summed E-state index contributed by atoms with van der Waals surface area (Å²) in [4.78, 5) is 4.83. The number of rotatable bonds is 3. The quantitative estimate of drug-likeness (QED) is 0.753. The lowest BCUT2D eigenvalue weighted by molar-refractivity contribution is 0.174. The Morgan fingerprint density at radius 2 is 1.91 bits per heavy atom. The first-order valence-electron chi connectivity index (χ1n) is 6.84. The van der Waals surface area contributed by atoms with Gasteiger partial charge in [0.05, 0.1) is 17.4 Å². The van der Waals surface area contributed by atoms with Crippen LogP contribution >= 0.6 is 12.2 Å². The first-order chi connectivity index (χ1) is 10.7. The molecule has 0 atom stereocenters. The van der Waals surface area contributed by atoms with Gasteiger partial charge in [-0.15, -0.1) is 0 Å². The van der Waals surface area contributed by atoms with Crippen LogP contribution in [0.1, 0.15) is 11.1 Å². The molecule has 1 aromatic heterocycles. The number of imidazole rings is 1. The van der Waals surface area contributed by atoms with Crippen molar-refractivity contribution < 1.29 is 9.47 Å². The largest absolute Gasteiger partial charge is 0.454 e. The average molecular weight is 311 g/mol. The van der Waals surface area contributed by atoms with Crippen molar-refractivity contribution in [3.8, 4) is 11.5 Å². The fourth-order valence-corrected chi connectivity index (χ4v) is 2.68. The third kappa shape index (κ3) is 2.17. The van der Waals surface area contributed by atoms with Gasteiger partial charge in [-0.05, 0) is 5.56 Å². The molecule has 0 radical (unpaired) electrons. The van der Waals surface area contributed by atoms with Crippen LogP contribution in [0.25, 0.3) is 11.0 Å². The molecule has 4 rings (SSSR count). The maximum Gasteiger partial charge on any atom is 0.231 e. The SMILES string of the molecule is NC(=S)c1ccc(Cn2cnc3cc4c(cc32)OCO4)cc1. The Labute approximate surface area is 132 Å². The molecule has 0 fully saturated rings. The zero-order valence-electron chi connectivity index (χ0n) is 11.7. The summed E-state index contributed by atoms with van der Waals surface area (Å²) in [5.74, 6) is 1.51. The van der Waals surface area contributed by atoms with Crippen LogP contribution in [0.15, 0.2) is 42.7 Å². The van der Waals surface area contributed by atoms with E-state index in [1.807, 2.05) is 42.7 Å². The summed E-state index contributed by atoms with van der Waals surface area (Å²) in [5.41, 5.74) is 9.55. The van der Waals surface area contributed by atoms with Crippen molar-refractivity contribution in [2.24, 2.45) is 5.73 Å². The Bertz CT molecular complexity index is 871. The van der Waals surface area contributed by atoms with Crippen molar-refractivity contribution >= 4 is 28.2 Å². The topological polar surface area (TPSA) is 62.3 Å². The molecule has 2 aromatic carbocycles. The van der Waals surface area contributed by atoms with Crippen molar-refractivity contribution in [3.63, 3.8) is 0 Å². The van der Waals surface area contributed by atoms with Gasteiger partial charge in [0.1, 0.15) is 4.99 Å². The number of benzene rings is 2. The van der Waals surface area contributed by atoms with Crippen LogP contribution in [0.5, 0.6) is 11.5 Å². The van der Waals surface area contributed by atoms with E-state index in [0.717, 1.165) is 33.7 Å². The van der Waals surface area contributed by atoms with Gasteiger partial charge in [0, 0.05) is 24.2 Å². The fraction of sp³-hybridized carbons (Fsp3) is 0.125. The maximum atomic E-state index is 5.62. The molecule has 22 heavy (non-hydrogen) atoms. The summed E-state index contributed by atoms with van der Waals surface area (Å²) >= 11 is 4.97. The van der Waals surface area contributed by atoms with Crippen molar-refractivity contribution in [1.29, 1.82) is 0 Å². The molecular weight excluding hydrogens is 298 g/mol. The van der Waals surface area contributed by atoms with E-state index in [-0.39, 0.29) is 6.79 Å². The lowest BCUT2D eigenvalue weighted by atomic mass is 10.1. The Morgan fingerprint density at radius 1 is 1.18 bits per heavy atom. The van der Waals surface area contributed by atoms with Crippen LogP contribution in [-0.2, 0) is 6.54 Å². The molecular formula is C16H13N3O2S. The fourth-order valence-electron chi connectivity index (χ4n) is 2.55. The van der Waals surface area contributed by atoms with E-state index >= 15 is 0 Å². The van der Waals surface area contributed by atoms with Gasteiger partial charge in [-0.2, -0.15) is 0 Å². The zero-order chi connectivity index (χ0) is 15.1. The Kier molecular flexibility index (Phi) is 2.97. The van der Waals surface area contributed by atoms with Crippen LogP contribution in [0.2, 0.25) is 0 Å². The number of fused-ring (bicyclic) bond motifs is 2. The molecule has 0 unspecified atom stereocenters. The Hall–Kier alpha value is -2.60. The Balaban J connectivity index is 1.68. The molecule has 2 heterocycles. The smallest absolute Gasteiger partial charge is 0.231 e. The molecule has 0 amide bonds. The van der Waals surface area contributed by atoms with Crippen molar-refractivity contribution in [1.82, 2.24) is 9.55 Å². The number of aromatic nitrogens is 2. The van der Waals surface area contributed by atoms with Crippen molar-refractivity contribution in [2.75, 3.05) is 6.79 Å². The molecule has 6 heteroatoms. The third-order valence-corrected chi connectivity index (χ3v) is 3.94. The van der Waals surface area contributed by atoms with E-state index in [1.165, 1.54) is 0 Å². The van der Waals surface area contributed by atoms with Crippen molar-refractivity contribution in [2.45, 2.75) is 6.54 Å². The number of thiocarbonyl (C=S) groups is 1. The van der Waals surface area contributed by atoms with E-state index in [9.17, 15) is 0 Å². The zero-order valence-corrected chi connectivity index (χ0v) is 12.5. The second-order valence-corrected chi connectivity index (χ2v) is 5.57. The number of ether oxygens (including phenoxy) is 2. The molecule has 0 bridgehead atoms. The maximum absolute atomic E-state index is 5.62. The molecule has 5 nitrogen and oxygen atoms in total. The number of hydrogen-bond acceptors (Lipinski definition) is 4. The summed E-state index contributed by atoms with van der Waals surface area (Å²) in [6.07, 6.45) is 1.82. The molecule has 2 N–H and O–H groups in total. The monoisotopic (exact) mass is 311 g/mol. The van der Waals surface area contributed by atoms with E-state index < -0.39 is 0 Å². The van der Waals surface area contributed by atoms with Gasteiger partial charge in [-0.25, -0.2) is 4.98 Å². The molecule has 1 aliphatic heterocycles. The van der Waals surface area contributed by atoms with E-state index in [1.54, 1.807) is 0 Å². The molecule has 110 valence electrons. The van der Waals surface area contributed by atoms with E-state index in [0.29, 0.717) is 11.5 Å². The summed E-state index contributed by atoms with van der Waals surface area (Å²) in [7, 11) is 0. The third-order valence-electron chi connectivity index (χ3n) is 3.71. The summed E-state index contributed by atoms with van der Waals surface area (Å²) in [6.45, 7) is 0.982. The number of nitrogens with two attached hydrogens (primary N) is 1. The highest BCUT2D eigenvalue weighted by molar-refractivity contribution is 7.80. The molecule has 0 saturated heterocycles. The van der Waals surface area contributed by atoms with Gasteiger partial charge < -0.3 is 19.8 Å². The lowest BCUT2D eigenvalue weighted by Crippen LogP contribution is -2.09. The van der Waals surface area contributed by atoms with Gasteiger partial charge >= 0.3 is 0 Å². The first kappa shape index (κ1) is 13.1. The number of hydrogen-bond donors (Lipinski definition) is 1. The van der Waals surface area contributed by atoms with E-state index in [4.69, 9.17) is 27.4 Å². The standard InChI is InChI=1S/C16H13N3O2S/c17-16(22)11-3-1-10(2-4-11)7-19-8-18-12-5-14-15(6-13(12)19)21-9-20-14/h1-6,8H,7,9H2,(H2,17,22). The molecule has 0 aliphatic carbocycles. The van der Waals surface area contributed by atoms with Crippen LogP contribution < -0.4 is 15.2 Å². The highest BCUT2D eigenvalue weighted by Crippen LogP contribution is 2.35. The van der Waals surface area contributed by atoms with Crippen LogP contribution in [0.4, 0.5) is 0 Å². The minimum atomic E-state index is 0.266. The minimum Gasteiger partial charge on any atom is -0.454 e. The molecule has 0 saturated carbocycles. The van der Waals surface area contributed by atoms with Gasteiger partial charge in [0.15, 0.2) is 11.5 Å². The van der Waals surface area contributed by atoms with Gasteiger partial charge in [0.25, 0.3) is 0 Å². The van der Waals surface area contributed by atoms with Gasteiger partial charge in [-0.1, -0.05) is 36.5 Å². The Morgan fingerprint density at radius 3 is 2.64 bits per heavy atom. The lowest BCUT2D eigenvalue weighted by Gasteiger charge is -2.06. The predicted octanol–water partition coefficient (Wildman–Crippen LogP) is 2.45. The normalized spacial score (nSPS) is 12.7. The highest BCUT2D eigenvalue weighted by atomic mass is 32.1. The number of nitrogens with zero attached hydrogens (tertiary/aromatic N) is 2. The second-order valence-electron chi connectivity index (χ2n) is 5.13. The minimum absolute atomic E-state index is 0.266. The van der Waals surface area contributed by atoms with Crippen LogP contribution in [0, 0.1) is 0 Å². The predicted molar refractivity (Wildman–Crippen MR) is 87.3 cm³/mol. The first-order valence-corrected chi connectivity index (χ1v) is 7.25. The average Bonchev–Trinajstić information content (AvgIpc) is 3.12. The summed E-state index contributed by atoms with van der Waals surface area (Å²) < 4.78 is 12.9. The van der Waals surface area contributed by atoms with Gasteiger partial charge in [0.2, 0.25) is 6.79 Å². The second kappa shape index (κ2) is 4.99. The molecule has 0 spiro atoms. The summed E-state index contributed by atoms with van der Waals surface area (Å²) in [6, 6.07) is 11.8. The van der Waals surface area contributed by atoms with Crippen LogP contribution in [-0.4, -0.2) is 21.3 Å². The molecule has 1 aliphatic rings. The van der Waals surface area contributed by atoms with Gasteiger partial charge in [-0.3, -0.25) is 0 Å². The highest BCUT2D eigenvalue weighted by Gasteiger charge is 2.16. The van der Waals surface area contributed by atoms with Crippen molar-refractivity contribution in [3.05, 3.63) is 53.9 Å². The van der Waals surface area contributed by atoms with E-state index in [2.05, 4.69) is 9.55 Å². The summed E-state index contributed by atoms with van der Waals surface area (Å²) in [5, 5.41) is 0. The van der Waals surface area contributed by atoms with Crippen LogP contribution in [0.3, 0.4) is 0 Å². The molecule has 3 aromatic rings.